The summed E-state index contributed by atoms with van der Waals surface area (Å²) in [6, 6.07) is 5.22. The molecule has 1 rings (SSSR count). The molecular formula is C19H28N2O5. The van der Waals surface area contributed by atoms with Gasteiger partial charge in [-0.15, -0.1) is 0 Å². The molecular weight excluding hydrogens is 336 g/mol. The first-order chi connectivity index (χ1) is 12.2. The van der Waals surface area contributed by atoms with E-state index in [0.29, 0.717) is 12.0 Å². The molecule has 1 aromatic rings. The minimum absolute atomic E-state index is 0.0932. The fourth-order valence-corrected chi connectivity index (χ4v) is 2.56. The van der Waals surface area contributed by atoms with Crippen LogP contribution in [0.3, 0.4) is 0 Å². The average molecular weight is 364 g/mol. The minimum Gasteiger partial charge on any atom is -0.480 e. The third-order valence-corrected chi connectivity index (χ3v) is 4.05. The Bertz CT molecular complexity index is 613. The third-order valence-electron chi connectivity index (χ3n) is 4.05. The standard InChI is InChI=1S/C19H28N2O5/c1-4-13-5-7-14(8-6-13)17(22)20-10-9-15(18(23)24)21-16(19(25)26)11-12(2)3/h5-8,12,15-16,21H,4,9-11H2,1-3H3,(H,20,22)(H,23,24)(H,25,26)/t15-,16-/m0/s1. The van der Waals surface area contributed by atoms with Crippen LogP contribution in [0.25, 0.3) is 0 Å². The predicted molar refractivity (Wildman–Crippen MR) is 98.2 cm³/mol. The van der Waals surface area contributed by atoms with Gasteiger partial charge in [0.1, 0.15) is 12.1 Å². The Balaban J connectivity index is 2.58. The van der Waals surface area contributed by atoms with Crippen LogP contribution in [0, 0.1) is 5.92 Å². The number of amides is 1. The van der Waals surface area contributed by atoms with Crippen LogP contribution < -0.4 is 10.6 Å². The molecule has 0 aliphatic rings. The van der Waals surface area contributed by atoms with E-state index in [4.69, 9.17) is 0 Å². The van der Waals surface area contributed by atoms with Gasteiger partial charge in [0.25, 0.3) is 5.91 Å². The smallest absolute Gasteiger partial charge is 0.320 e. The maximum Gasteiger partial charge on any atom is 0.320 e. The third kappa shape index (κ3) is 7.23. The van der Waals surface area contributed by atoms with E-state index in [0.717, 1.165) is 12.0 Å². The van der Waals surface area contributed by atoms with Crippen molar-refractivity contribution in [3.05, 3.63) is 35.4 Å². The van der Waals surface area contributed by atoms with E-state index >= 15 is 0 Å². The van der Waals surface area contributed by atoms with Crippen LogP contribution in [0.4, 0.5) is 0 Å². The highest BCUT2D eigenvalue weighted by Crippen LogP contribution is 2.08. The largest absolute Gasteiger partial charge is 0.480 e. The van der Waals surface area contributed by atoms with Gasteiger partial charge in [-0.25, -0.2) is 0 Å². The Morgan fingerprint density at radius 2 is 1.58 bits per heavy atom. The van der Waals surface area contributed by atoms with E-state index in [2.05, 4.69) is 10.6 Å². The van der Waals surface area contributed by atoms with Crippen molar-refractivity contribution in [1.29, 1.82) is 0 Å². The first-order valence-electron chi connectivity index (χ1n) is 8.83. The molecule has 7 nitrogen and oxygen atoms in total. The molecule has 7 heteroatoms. The van der Waals surface area contributed by atoms with Crippen molar-refractivity contribution in [1.82, 2.24) is 10.6 Å². The van der Waals surface area contributed by atoms with Crippen molar-refractivity contribution in [2.24, 2.45) is 5.92 Å². The van der Waals surface area contributed by atoms with E-state index in [9.17, 15) is 24.6 Å². The molecule has 0 fully saturated rings. The van der Waals surface area contributed by atoms with Gasteiger partial charge in [0.2, 0.25) is 0 Å². The second kappa shape index (κ2) is 10.6. The number of carboxylic acid groups (broad SMARTS) is 2. The van der Waals surface area contributed by atoms with Crippen LogP contribution in [0.5, 0.6) is 0 Å². The number of aliphatic carboxylic acids is 2. The Labute approximate surface area is 153 Å². The molecule has 0 saturated heterocycles. The molecule has 0 spiro atoms. The SMILES string of the molecule is CCc1ccc(C(=O)NCC[C@H](N[C@@H](CC(C)C)C(=O)O)C(=O)O)cc1. The van der Waals surface area contributed by atoms with Crippen molar-refractivity contribution in [3.8, 4) is 0 Å². The maximum atomic E-state index is 12.1. The normalized spacial score (nSPS) is 13.2. The number of benzene rings is 1. The fraction of sp³-hybridized carbons (Fsp3) is 0.526. The lowest BCUT2D eigenvalue weighted by molar-refractivity contribution is -0.143. The zero-order chi connectivity index (χ0) is 19.7. The summed E-state index contributed by atoms with van der Waals surface area (Å²) in [4.78, 5) is 34.8. The molecule has 2 atom stereocenters. The van der Waals surface area contributed by atoms with Gasteiger partial charge in [0.15, 0.2) is 0 Å². The van der Waals surface area contributed by atoms with E-state index in [1.807, 2.05) is 32.9 Å². The summed E-state index contributed by atoms with van der Waals surface area (Å²) in [5.74, 6) is -2.39. The van der Waals surface area contributed by atoms with Crippen LogP contribution in [-0.2, 0) is 16.0 Å². The number of hydrogen-bond acceptors (Lipinski definition) is 4. The summed E-state index contributed by atoms with van der Waals surface area (Å²) in [5, 5.41) is 23.9. The first-order valence-corrected chi connectivity index (χ1v) is 8.83. The van der Waals surface area contributed by atoms with E-state index < -0.39 is 24.0 Å². The topological polar surface area (TPSA) is 116 Å². The molecule has 4 N–H and O–H groups in total. The highest BCUT2D eigenvalue weighted by Gasteiger charge is 2.26. The second-order valence-electron chi connectivity index (χ2n) is 6.67. The zero-order valence-electron chi connectivity index (χ0n) is 15.5. The maximum absolute atomic E-state index is 12.1. The lowest BCUT2D eigenvalue weighted by Gasteiger charge is -2.21. The van der Waals surface area contributed by atoms with Crippen molar-refractivity contribution in [2.75, 3.05) is 6.54 Å². The molecule has 0 radical (unpaired) electrons. The molecule has 26 heavy (non-hydrogen) atoms. The van der Waals surface area contributed by atoms with Gasteiger partial charge in [0, 0.05) is 12.1 Å². The number of carboxylic acids is 2. The average Bonchev–Trinajstić information content (AvgIpc) is 2.59. The van der Waals surface area contributed by atoms with Gasteiger partial charge in [-0.1, -0.05) is 32.9 Å². The molecule has 0 aliphatic heterocycles. The van der Waals surface area contributed by atoms with Crippen LogP contribution >= 0.6 is 0 Å². The van der Waals surface area contributed by atoms with E-state index in [1.165, 1.54) is 0 Å². The Morgan fingerprint density at radius 1 is 1.00 bits per heavy atom. The highest BCUT2D eigenvalue weighted by atomic mass is 16.4. The monoisotopic (exact) mass is 364 g/mol. The zero-order valence-corrected chi connectivity index (χ0v) is 15.5. The van der Waals surface area contributed by atoms with Gasteiger partial charge in [-0.05, 0) is 42.9 Å². The summed E-state index contributed by atoms with van der Waals surface area (Å²) in [5.41, 5.74) is 1.63. The quantitative estimate of drug-likeness (QED) is 0.477. The summed E-state index contributed by atoms with van der Waals surface area (Å²) in [6.45, 7) is 5.90. The molecule has 0 bridgehead atoms. The molecule has 0 heterocycles. The Hall–Kier alpha value is -2.41. The Morgan fingerprint density at radius 3 is 2.04 bits per heavy atom. The van der Waals surface area contributed by atoms with Gasteiger partial charge >= 0.3 is 11.9 Å². The lowest BCUT2D eigenvalue weighted by atomic mass is 10.0. The van der Waals surface area contributed by atoms with Gasteiger partial charge in [0.05, 0.1) is 0 Å². The minimum atomic E-state index is -1.14. The van der Waals surface area contributed by atoms with Gasteiger partial charge < -0.3 is 15.5 Å². The Kier molecular flexibility index (Phi) is 8.78. The number of carbonyl (C=O) groups excluding carboxylic acids is 1. The van der Waals surface area contributed by atoms with Crippen molar-refractivity contribution >= 4 is 17.8 Å². The molecule has 0 aromatic heterocycles. The molecule has 0 aliphatic carbocycles. The predicted octanol–water partition coefficient (Wildman–Crippen LogP) is 1.91. The summed E-state index contributed by atoms with van der Waals surface area (Å²) in [6.07, 6.45) is 1.31. The van der Waals surface area contributed by atoms with E-state index in [-0.39, 0.29) is 24.8 Å². The number of aryl methyl sites for hydroxylation is 1. The molecule has 144 valence electrons. The van der Waals surface area contributed by atoms with Gasteiger partial charge in [-0.3, -0.25) is 19.7 Å². The summed E-state index contributed by atoms with van der Waals surface area (Å²) in [7, 11) is 0. The first kappa shape index (κ1) is 21.6. The number of hydrogen-bond donors (Lipinski definition) is 4. The number of carbonyl (C=O) groups is 3. The van der Waals surface area contributed by atoms with Gasteiger partial charge in [-0.2, -0.15) is 0 Å². The number of rotatable bonds is 11. The molecule has 1 aromatic carbocycles. The van der Waals surface area contributed by atoms with Crippen molar-refractivity contribution in [3.63, 3.8) is 0 Å². The number of nitrogens with one attached hydrogen (secondary N) is 2. The highest BCUT2D eigenvalue weighted by molar-refractivity contribution is 5.94. The van der Waals surface area contributed by atoms with E-state index in [1.54, 1.807) is 12.1 Å². The van der Waals surface area contributed by atoms with Crippen LogP contribution in [0.15, 0.2) is 24.3 Å². The van der Waals surface area contributed by atoms with Crippen molar-refractivity contribution in [2.45, 2.75) is 52.1 Å². The van der Waals surface area contributed by atoms with Crippen molar-refractivity contribution < 1.29 is 24.6 Å². The molecule has 1 amide bonds. The van der Waals surface area contributed by atoms with Crippen LogP contribution in [0.1, 0.15) is 49.5 Å². The second-order valence-corrected chi connectivity index (χ2v) is 6.67. The molecule has 0 unspecified atom stereocenters. The summed E-state index contributed by atoms with van der Waals surface area (Å²) < 4.78 is 0. The molecule has 0 saturated carbocycles. The fourth-order valence-electron chi connectivity index (χ4n) is 2.56. The van der Waals surface area contributed by atoms with Crippen LogP contribution in [-0.4, -0.2) is 46.7 Å². The summed E-state index contributed by atoms with van der Waals surface area (Å²) >= 11 is 0. The lowest BCUT2D eigenvalue weighted by Crippen LogP contribution is -2.49. The van der Waals surface area contributed by atoms with Crippen LogP contribution in [0.2, 0.25) is 0 Å².